The van der Waals surface area contributed by atoms with Gasteiger partial charge in [-0.2, -0.15) is 0 Å². The van der Waals surface area contributed by atoms with Crippen molar-refractivity contribution in [3.05, 3.63) is 269 Å². The number of ether oxygens (including phenoxy) is 1. The van der Waals surface area contributed by atoms with Crippen LogP contribution in [0.4, 0.5) is 45.5 Å². The lowest BCUT2D eigenvalue weighted by Gasteiger charge is -2.27. The summed E-state index contributed by atoms with van der Waals surface area (Å²) in [5.74, 6) is 0.858. The summed E-state index contributed by atoms with van der Waals surface area (Å²) in [6, 6.07) is 70.2. The third kappa shape index (κ3) is 11.7. The maximum Gasteiger partial charge on any atom is 0.123 e. The summed E-state index contributed by atoms with van der Waals surface area (Å²) in [5.41, 5.74) is 20.5. The number of benzene rings is 8. The van der Waals surface area contributed by atoms with Gasteiger partial charge in [-0.25, -0.2) is 0 Å². The van der Waals surface area contributed by atoms with Gasteiger partial charge in [0.25, 0.3) is 0 Å². The number of aryl methyl sites for hydroxylation is 3. The normalized spacial score (nSPS) is 14.6. The summed E-state index contributed by atoms with van der Waals surface area (Å²) in [7, 11) is 1.74. The lowest BCUT2D eigenvalue weighted by Crippen LogP contribution is -2.17. The first-order valence-corrected chi connectivity index (χ1v) is 26.0. The summed E-state index contributed by atoms with van der Waals surface area (Å²) >= 11 is 0. The number of rotatable bonds is 16. The van der Waals surface area contributed by atoms with Gasteiger partial charge in [-0.3, -0.25) is 0 Å². The maximum atomic E-state index is 5.81. The summed E-state index contributed by atoms with van der Waals surface area (Å²) in [4.78, 5) is 7.06. The number of fused-ring (bicyclic) bond motifs is 1. The van der Waals surface area contributed by atoms with E-state index in [1.807, 2.05) is 6.08 Å². The number of methoxy groups -OCH3 is 1. The van der Waals surface area contributed by atoms with E-state index in [0.29, 0.717) is 0 Å². The van der Waals surface area contributed by atoms with Crippen LogP contribution in [0.1, 0.15) is 77.5 Å². The van der Waals surface area contributed by atoms with Crippen LogP contribution in [0.3, 0.4) is 0 Å². The van der Waals surface area contributed by atoms with Crippen molar-refractivity contribution in [1.82, 2.24) is 0 Å². The van der Waals surface area contributed by atoms with E-state index in [4.69, 9.17) is 4.74 Å². The van der Waals surface area contributed by atoms with Crippen molar-refractivity contribution in [1.29, 1.82) is 0 Å². The van der Waals surface area contributed by atoms with E-state index in [-0.39, 0.29) is 0 Å². The molecule has 0 unspecified atom stereocenters. The maximum absolute atomic E-state index is 5.81. The minimum Gasteiger partial charge on any atom is -0.496 e. The van der Waals surface area contributed by atoms with Crippen molar-refractivity contribution in [2.24, 2.45) is 0 Å². The molecular formula is C69H65N3O. The number of para-hydroxylation sites is 2. The molecule has 0 N–H and O–H groups in total. The molecule has 1 fully saturated rings. The van der Waals surface area contributed by atoms with Crippen LogP contribution in [-0.2, 0) is 12.8 Å². The molecule has 362 valence electrons. The summed E-state index contributed by atoms with van der Waals surface area (Å²) in [6.07, 6.45) is 24.9. The van der Waals surface area contributed by atoms with Crippen LogP contribution in [-0.4, -0.2) is 13.7 Å². The zero-order valence-electron chi connectivity index (χ0n) is 42.3. The van der Waals surface area contributed by atoms with Crippen LogP contribution in [0.25, 0.3) is 24.3 Å². The molecule has 0 radical (unpaired) electrons. The van der Waals surface area contributed by atoms with Gasteiger partial charge in [-0.05, 0) is 199 Å². The quantitative estimate of drug-likeness (QED) is 0.0899. The second-order valence-electron chi connectivity index (χ2n) is 19.2. The molecule has 0 aliphatic heterocycles. The second-order valence-corrected chi connectivity index (χ2v) is 19.2. The average molecular weight is 952 g/mol. The summed E-state index contributed by atoms with van der Waals surface area (Å²) in [6.45, 7) is 6.86. The van der Waals surface area contributed by atoms with Crippen LogP contribution in [0, 0.1) is 6.92 Å². The van der Waals surface area contributed by atoms with E-state index in [2.05, 4.69) is 259 Å². The minimum atomic E-state index is 0.810. The van der Waals surface area contributed by atoms with Crippen molar-refractivity contribution in [3.8, 4) is 5.75 Å². The third-order valence-corrected chi connectivity index (χ3v) is 14.3. The first-order chi connectivity index (χ1) is 36.0. The van der Waals surface area contributed by atoms with Gasteiger partial charge in [0.15, 0.2) is 0 Å². The molecule has 0 atom stereocenters. The molecule has 1 saturated carbocycles. The molecule has 8 aromatic carbocycles. The van der Waals surface area contributed by atoms with Crippen LogP contribution in [0.2, 0.25) is 0 Å². The number of hydrogen-bond donors (Lipinski definition) is 0. The fourth-order valence-electron chi connectivity index (χ4n) is 10.3. The fraction of sp³-hybridized carbons (Fsp3) is 0.159. The van der Waals surface area contributed by atoms with Crippen LogP contribution in [0.5, 0.6) is 5.75 Å². The van der Waals surface area contributed by atoms with Crippen LogP contribution >= 0.6 is 0 Å². The van der Waals surface area contributed by atoms with Crippen molar-refractivity contribution in [2.75, 3.05) is 28.4 Å². The molecule has 10 rings (SSSR count). The number of anilines is 8. The topological polar surface area (TPSA) is 19.0 Å². The SMILES string of the molecule is C=C/C=C1/CCCC/C1=C/CN(c1ccccc1)c1ccc(/C=C/c2ccc(N(c3ccc(/C=C/c4ccc(N(c5ccccc5)c5ccc6c(c5)CCCC6)cc4)cc3)c3ccc(C)c(OC)c3)cc2)cc1. The van der Waals surface area contributed by atoms with Gasteiger partial charge in [0, 0.05) is 58.1 Å². The highest BCUT2D eigenvalue weighted by Gasteiger charge is 2.18. The van der Waals surface area contributed by atoms with E-state index >= 15 is 0 Å². The Hall–Kier alpha value is -8.34. The van der Waals surface area contributed by atoms with Gasteiger partial charge >= 0.3 is 0 Å². The molecular weight excluding hydrogens is 887 g/mol. The summed E-state index contributed by atoms with van der Waals surface area (Å²) < 4.78 is 5.81. The molecule has 0 aromatic heterocycles. The monoisotopic (exact) mass is 952 g/mol. The largest absolute Gasteiger partial charge is 0.496 e. The Morgan fingerprint density at radius 1 is 0.425 bits per heavy atom. The van der Waals surface area contributed by atoms with Crippen molar-refractivity contribution >= 4 is 69.8 Å². The molecule has 0 saturated heterocycles. The molecule has 0 spiro atoms. The molecule has 0 amide bonds. The highest BCUT2D eigenvalue weighted by molar-refractivity contribution is 5.82. The average Bonchev–Trinajstić information content (AvgIpc) is 3.45. The Bertz CT molecular complexity index is 3240. The Balaban J connectivity index is 0.848. The molecule has 73 heavy (non-hydrogen) atoms. The first kappa shape index (κ1) is 48.3. The van der Waals surface area contributed by atoms with E-state index in [0.717, 1.165) is 87.8 Å². The summed E-state index contributed by atoms with van der Waals surface area (Å²) in [5, 5.41) is 0. The Labute approximate surface area is 433 Å². The van der Waals surface area contributed by atoms with E-state index in [1.165, 1.54) is 71.4 Å². The van der Waals surface area contributed by atoms with Gasteiger partial charge in [-0.1, -0.05) is 146 Å². The molecule has 0 bridgehead atoms. The van der Waals surface area contributed by atoms with Crippen LogP contribution < -0.4 is 19.4 Å². The molecule has 8 aromatic rings. The third-order valence-electron chi connectivity index (χ3n) is 14.3. The van der Waals surface area contributed by atoms with E-state index in [9.17, 15) is 0 Å². The Morgan fingerprint density at radius 2 is 0.836 bits per heavy atom. The first-order valence-electron chi connectivity index (χ1n) is 26.0. The second kappa shape index (κ2) is 23.3. The molecule has 0 heterocycles. The molecule has 2 aliphatic carbocycles. The van der Waals surface area contributed by atoms with Crippen molar-refractivity contribution < 1.29 is 4.74 Å². The minimum absolute atomic E-state index is 0.810. The fourth-order valence-corrected chi connectivity index (χ4v) is 10.3. The smallest absolute Gasteiger partial charge is 0.123 e. The number of hydrogen-bond acceptors (Lipinski definition) is 4. The molecule has 4 nitrogen and oxygen atoms in total. The Morgan fingerprint density at radius 3 is 1.36 bits per heavy atom. The number of allylic oxidation sites excluding steroid dienone is 4. The van der Waals surface area contributed by atoms with Crippen molar-refractivity contribution in [2.45, 2.75) is 58.3 Å². The molecule has 2 aliphatic rings. The molecule has 4 heteroatoms. The standard InChI is InChI=1S/C69H65N3O/c1-4-15-57-16-11-12-18-59(57)48-49-70(61-20-7-5-8-21-61)62-39-29-53(30-40-62)25-26-54-33-43-65(44-34-54)72(68-38-24-52(2)69(51-68)73-3)66-45-35-56(36-46-66)28-27-55-31-41-64(42-32-55)71(63-22-9-6-10-23-63)67-47-37-58-17-13-14-19-60(58)50-67/h4-10,15,20-48,50-51H,1,11-14,16-19,49H2,2-3H3/b26-25+,28-27+,57-15-,59-48-. The highest BCUT2D eigenvalue weighted by atomic mass is 16.5. The van der Waals surface area contributed by atoms with Gasteiger partial charge in [-0.15, -0.1) is 0 Å². The van der Waals surface area contributed by atoms with Gasteiger partial charge in [0.05, 0.1) is 7.11 Å². The zero-order valence-corrected chi connectivity index (χ0v) is 42.3. The van der Waals surface area contributed by atoms with Gasteiger partial charge in [0.1, 0.15) is 5.75 Å². The zero-order chi connectivity index (χ0) is 49.8. The van der Waals surface area contributed by atoms with Crippen LogP contribution in [0.15, 0.2) is 230 Å². The van der Waals surface area contributed by atoms with Gasteiger partial charge < -0.3 is 19.4 Å². The lowest BCUT2D eigenvalue weighted by molar-refractivity contribution is 0.412. The van der Waals surface area contributed by atoms with E-state index < -0.39 is 0 Å². The lowest BCUT2D eigenvalue weighted by atomic mass is 9.89. The Kier molecular flexibility index (Phi) is 15.4. The highest BCUT2D eigenvalue weighted by Crippen LogP contribution is 2.40. The predicted molar refractivity (Wildman–Crippen MR) is 313 cm³/mol. The number of nitrogens with zero attached hydrogens (tertiary/aromatic N) is 3. The van der Waals surface area contributed by atoms with E-state index in [1.54, 1.807) is 7.11 Å². The predicted octanol–water partition coefficient (Wildman–Crippen LogP) is 18.9. The van der Waals surface area contributed by atoms with Crippen molar-refractivity contribution in [3.63, 3.8) is 0 Å². The van der Waals surface area contributed by atoms with Gasteiger partial charge in [0.2, 0.25) is 0 Å².